The molecule has 2 aromatic rings. The number of carbonyl (C=O) groups is 2. The summed E-state index contributed by atoms with van der Waals surface area (Å²) in [7, 11) is 0. The Kier molecular flexibility index (Phi) is 9.31. The minimum absolute atomic E-state index is 0.211. The van der Waals surface area contributed by atoms with E-state index in [4.69, 9.17) is 0 Å². The molecule has 1 aliphatic carbocycles. The van der Waals surface area contributed by atoms with E-state index in [1.807, 2.05) is 43.4 Å². The van der Waals surface area contributed by atoms with Gasteiger partial charge in [-0.1, -0.05) is 73.6 Å². The molecule has 2 heterocycles. The Morgan fingerprint density at radius 1 is 1.15 bits per heavy atom. The number of hydrogen-bond donors (Lipinski definition) is 3. The Hall–Kier alpha value is -3.64. The molecule has 1 aromatic carbocycles. The highest BCUT2D eigenvalue weighted by atomic mass is 16.3. The molecular formula is C34H43N3O3. The van der Waals surface area contributed by atoms with Crippen LogP contribution >= 0.6 is 0 Å². The fraction of sp³-hybridized carbons (Fsp3) is 0.412. The number of rotatable bonds is 8. The van der Waals surface area contributed by atoms with Gasteiger partial charge in [0.25, 0.3) is 0 Å². The van der Waals surface area contributed by atoms with Crippen molar-refractivity contribution in [3.63, 3.8) is 0 Å². The van der Waals surface area contributed by atoms with Crippen molar-refractivity contribution in [3.05, 3.63) is 94.3 Å². The Morgan fingerprint density at radius 2 is 1.93 bits per heavy atom. The Bertz CT molecular complexity index is 1420. The van der Waals surface area contributed by atoms with Crippen LogP contribution in [0.1, 0.15) is 65.1 Å². The van der Waals surface area contributed by atoms with Crippen LogP contribution in [0, 0.1) is 5.41 Å². The topological polar surface area (TPSA) is 85.4 Å². The second kappa shape index (κ2) is 12.7. The molecule has 40 heavy (non-hydrogen) atoms. The number of amides is 2. The molecular weight excluding hydrogens is 498 g/mol. The van der Waals surface area contributed by atoms with E-state index in [0.717, 1.165) is 28.8 Å². The van der Waals surface area contributed by atoms with Crippen LogP contribution in [0.3, 0.4) is 0 Å². The summed E-state index contributed by atoms with van der Waals surface area (Å²) in [5.74, 6) is -0.681. The zero-order valence-corrected chi connectivity index (χ0v) is 24.5. The molecule has 0 saturated carbocycles. The molecule has 1 atom stereocenters. The SMILES string of the molecule is CC(C=CC1=C(C)CCCC1(C)C)=CC=CC(C)=CC(=O)NC(CO)C(=O)N1CCc2c([nH]c3ccccc23)C1. The average Bonchev–Trinajstić information content (AvgIpc) is 3.28. The average molecular weight is 542 g/mol. The molecule has 2 aliphatic rings. The summed E-state index contributed by atoms with van der Waals surface area (Å²) in [4.78, 5) is 30.9. The number of carbonyl (C=O) groups excluding carboxylic acids is 2. The first kappa shape index (κ1) is 29.3. The fourth-order valence-electron chi connectivity index (χ4n) is 5.89. The minimum atomic E-state index is -0.986. The van der Waals surface area contributed by atoms with Gasteiger partial charge in [0, 0.05) is 29.2 Å². The summed E-state index contributed by atoms with van der Waals surface area (Å²) in [6.45, 7) is 11.3. The van der Waals surface area contributed by atoms with Crippen LogP contribution in [0.2, 0.25) is 0 Å². The molecule has 1 aromatic heterocycles. The molecule has 1 aliphatic heterocycles. The fourth-order valence-corrected chi connectivity index (χ4v) is 5.89. The number of hydrogen-bond acceptors (Lipinski definition) is 3. The molecule has 4 rings (SSSR count). The first-order valence-electron chi connectivity index (χ1n) is 14.3. The summed E-state index contributed by atoms with van der Waals surface area (Å²) in [6, 6.07) is 7.14. The van der Waals surface area contributed by atoms with Crippen molar-refractivity contribution in [2.75, 3.05) is 13.2 Å². The molecule has 0 radical (unpaired) electrons. The van der Waals surface area contributed by atoms with Gasteiger partial charge >= 0.3 is 0 Å². The van der Waals surface area contributed by atoms with Crippen molar-refractivity contribution in [3.8, 4) is 0 Å². The lowest BCUT2D eigenvalue weighted by atomic mass is 9.72. The number of aromatic nitrogens is 1. The minimum Gasteiger partial charge on any atom is -0.394 e. The second-order valence-electron chi connectivity index (χ2n) is 11.8. The van der Waals surface area contributed by atoms with E-state index in [-0.39, 0.29) is 11.3 Å². The van der Waals surface area contributed by atoms with E-state index in [9.17, 15) is 14.7 Å². The van der Waals surface area contributed by atoms with E-state index in [0.29, 0.717) is 13.1 Å². The number of aliphatic hydroxyl groups excluding tert-OH is 1. The highest BCUT2D eigenvalue weighted by Gasteiger charge is 2.29. The van der Waals surface area contributed by atoms with Gasteiger partial charge in [0.15, 0.2) is 0 Å². The van der Waals surface area contributed by atoms with Gasteiger partial charge in [0.1, 0.15) is 6.04 Å². The number of nitrogens with zero attached hydrogens (tertiary/aromatic N) is 1. The van der Waals surface area contributed by atoms with Gasteiger partial charge in [-0.05, 0) is 74.6 Å². The van der Waals surface area contributed by atoms with E-state index in [1.54, 1.807) is 4.90 Å². The van der Waals surface area contributed by atoms with Crippen molar-refractivity contribution < 1.29 is 14.7 Å². The number of allylic oxidation sites excluding steroid dienone is 9. The molecule has 212 valence electrons. The lowest BCUT2D eigenvalue weighted by Crippen LogP contribution is -2.51. The zero-order chi connectivity index (χ0) is 28.9. The maximum atomic E-state index is 13.1. The molecule has 3 N–H and O–H groups in total. The monoisotopic (exact) mass is 541 g/mol. The van der Waals surface area contributed by atoms with Crippen molar-refractivity contribution in [2.45, 2.75) is 72.9 Å². The maximum absolute atomic E-state index is 13.1. The lowest BCUT2D eigenvalue weighted by molar-refractivity contribution is -0.137. The number of nitrogens with one attached hydrogen (secondary N) is 2. The molecule has 0 saturated heterocycles. The maximum Gasteiger partial charge on any atom is 0.247 e. The van der Waals surface area contributed by atoms with E-state index in [1.165, 1.54) is 47.4 Å². The smallest absolute Gasteiger partial charge is 0.247 e. The van der Waals surface area contributed by atoms with Crippen molar-refractivity contribution >= 4 is 22.7 Å². The second-order valence-corrected chi connectivity index (χ2v) is 11.8. The summed E-state index contributed by atoms with van der Waals surface area (Å²) < 4.78 is 0. The van der Waals surface area contributed by atoms with Crippen LogP contribution in [-0.2, 0) is 22.6 Å². The standard InChI is InChI=1S/C34H43N3O3/c1-23(15-16-28-25(3)12-9-18-34(28,4)5)10-8-11-24(2)20-32(39)36-31(22-38)33(40)37-19-17-27-26-13-6-7-14-29(26)35-30(27)21-37/h6-8,10-11,13-16,20,31,35,38H,9,12,17-19,21-22H2,1-5H3,(H,36,39). The number of H-pyrrole nitrogens is 1. The van der Waals surface area contributed by atoms with Crippen LogP contribution < -0.4 is 5.32 Å². The molecule has 2 amide bonds. The molecule has 6 nitrogen and oxygen atoms in total. The molecule has 0 fully saturated rings. The Labute approximate surface area is 238 Å². The van der Waals surface area contributed by atoms with Gasteiger partial charge < -0.3 is 20.3 Å². The highest BCUT2D eigenvalue weighted by Crippen LogP contribution is 2.40. The number of para-hydroxylation sites is 1. The van der Waals surface area contributed by atoms with Crippen LogP contribution in [0.25, 0.3) is 10.9 Å². The number of aliphatic hydroxyl groups is 1. The van der Waals surface area contributed by atoms with E-state index >= 15 is 0 Å². The van der Waals surface area contributed by atoms with Crippen LogP contribution in [-0.4, -0.2) is 46.0 Å². The molecule has 0 bridgehead atoms. The van der Waals surface area contributed by atoms with Crippen LogP contribution in [0.4, 0.5) is 0 Å². The lowest BCUT2D eigenvalue weighted by Gasteiger charge is -2.32. The third-order valence-electron chi connectivity index (χ3n) is 8.12. The summed E-state index contributed by atoms with van der Waals surface area (Å²) in [5.41, 5.74) is 8.30. The summed E-state index contributed by atoms with van der Waals surface area (Å²) in [6.07, 6.45) is 16.0. The van der Waals surface area contributed by atoms with Gasteiger partial charge in [0.05, 0.1) is 13.2 Å². The van der Waals surface area contributed by atoms with E-state index < -0.39 is 18.6 Å². The summed E-state index contributed by atoms with van der Waals surface area (Å²) in [5, 5.41) is 13.8. The van der Waals surface area contributed by atoms with Crippen LogP contribution in [0.15, 0.2) is 83.0 Å². The molecule has 0 spiro atoms. The first-order valence-corrected chi connectivity index (χ1v) is 14.3. The van der Waals surface area contributed by atoms with Gasteiger partial charge in [-0.15, -0.1) is 0 Å². The largest absolute Gasteiger partial charge is 0.394 e. The highest BCUT2D eigenvalue weighted by molar-refractivity contribution is 5.94. The predicted molar refractivity (Wildman–Crippen MR) is 163 cm³/mol. The first-order chi connectivity index (χ1) is 19.1. The summed E-state index contributed by atoms with van der Waals surface area (Å²) >= 11 is 0. The normalized spacial score (nSPS) is 19.0. The van der Waals surface area contributed by atoms with E-state index in [2.05, 4.69) is 56.2 Å². The van der Waals surface area contributed by atoms with Crippen LogP contribution in [0.5, 0.6) is 0 Å². The quantitative estimate of drug-likeness (QED) is 0.280. The molecule has 6 heteroatoms. The number of aromatic amines is 1. The third-order valence-corrected chi connectivity index (χ3v) is 8.12. The van der Waals surface area contributed by atoms with Gasteiger partial charge in [-0.3, -0.25) is 9.59 Å². The van der Waals surface area contributed by atoms with Gasteiger partial charge in [-0.25, -0.2) is 0 Å². The molecule has 1 unspecified atom stereocenters. The van der Waals surface area contributed by atoms with Crippen molar-refractivity contribution in [1.82, 2.24) is 15.2 Å². The van der Waals surface area contributed by atoms with Crippen molar-refractivity contribution in [2.24, 2.45) is 5.41 Å². The van der Waals surface area contributed by atoms with Gasteiger partial charge in [-0.2, -0.15) is 0 Å². The van der Waals surface area contributed by atoms with Crippen molar-refractivity contribution in [1.29, 1.82) is 0 Å². The Balaban J connectivity index is 1.33. The third kappa shape index (κ3) is 6.92. The number of fused-ring (bicyclic) bond motifs is 3. The Morgan fingerprint density at radius 3 is 2.67 bits per heavy atom. The number of benzene rings is 1. The van der Waals surface area contributed by atoms with Gasteiger partial charge in [0.2, 0.25) is 11.8 Å². The predicted octanol–water partition coefficient (Wildman–Crippen LogP) is 6.06. The zero-order valence-electron chi connectivity index (χ0n) is 24.5.